The van der Waals surface area contributed by atoms with E-state index in [1.54, 1.807) is 33.9 Å². The van der Waals surface area contributed by atoms with Crippen molar-refractivity contribution < 1.29 is 53.0 Å². The van der Waals surface area contributed by atoms with Gasteiger partial charge in [-0.2, -0.15) is 0 Å². The van der Waals surface area contributed by atoms with Crippen LogP contribution in [-0.2, 0) is 29.3 Å². The summed E-state index contributed by atoms with van der Waals surface area (Å²) in [7, 11) is 3.32. The summed E-state index contributed by atoms with van der Waals surface area (Å²) in [5.41, 5.74) is -2.84. The molecule has 1 aliphatic carbocycles. The van der Waals surface area contributed by atoms with E-state index in [4.69, 9.17) is 28.1 Å². The topological polar surface area (TPSA) is 187 Å². The summed E-state index contributed by atoms with van der Waals surface area (Å²) in [6, 6.07) is 5.33. The lowest BCUT2D eigenvalue weighted by atomic mass is 9.78. The van der Waals surface area contributed by atoms with Crippen LogP contribution in [0, 0.1) is 0 Å². The highest BCUT2D eigenvalue weighted by Crippen LogP contribution is 2.49. The van der Waals surface area contributed by atoms with E-state index in [1.807, 2.05) is 13.8 Å². The molecule has 7 rings (SSSR count). The maximum absolute atomic E-state index is 14.3. The molecule has 1 aromatic heterocycles. The van der Waals surface area contributed by atoms with E-state index >= 15 is 0 Å². The fourth-order valence-electron chi connectivity index (χ4n) is 7.69. The Kier molecular flexibility index (Phi) is 8.06. The Bertz CT molecular complexity index is 1940. The van der Waals surface area contributed by atoms with Gasteiger partial charge in [0.05, 0.1) is 41.6 Å². The van der Waals surface area contributed by atoms with E-state index in [2.05, 4.69) is 5.32 Å². The highest BCUT2D eigenvalue weighted by molar-refractivity contribution is 6.32. The number of carbonyl (C=O) groups is 2. The third-order valence-corrected chi connectivity index (χ3v) is 11.0. The fourth-order valence-corrected chi connectivity index (χ4v) is 7.69. The smallest absolute Gasteiger partial charge is 0.202 e. The van der Waals surface area contributed by atoms with E-state index in [-0.39, 0.29) is 50.7 Å². The minimum absolute atomic E-state index is 0.0537. The average Bonchev–Trinajstić information content (AvgIpc) is 3.69. The Morgan fingerprint density at radius 1 is 0.959 bits per heavy atom. The van der Waals surface area contributed by atoms with Crippen molar-refractivity contribution in [2.24, 2.45) is 0 Å². The molecule has 2 aromatic carbocycles. The van der Waals surface area contributed by atoms with Gasteiger partial charge in [0.15, 0.2) is 23.1 Å². The molecule has 3 saturated heterocycles. The molecule has 0 bridgehead atoms. The number of aromatic hydroxyl groups is 2. The van der Waals surface area contributed by atoms with Crippen LogP contribution in [0.3, 0.4) is 0 Å². The molecule has 262 valence electrons. The van der Waals surface area contributed by atoms with Crippen molar-refractivity contribution in [2.45, 2.75) is 108 Å². The van der Waals surface area contributed by atoms with Crippen LogP contribution >= 0.6 is 0 Å². The molecule has 4 aliphatic rings. The fraction of sp³-hybridized carbons (Fsp3) is 0.528. The normalized spacial score (nSPS) is 35.7. The van der Waals surface area contributed by atoms with Crippen LogP contribution in [0.2, 0.25) is 0 Å². The first-order chi connectivity index (χ1) is 23.1. The highest BCUT2D eigenvalue weighted by atomic mass is 16.7. The largest absolute Gasteiger partial charge is 0.507 e. The molecule has 0 amide bonds. The van der Waals surface area contributed by atoms with Crippen LogP contribution in [-0.4, -0.2) is 89.5 Å². The summed E-state index contributed by atoms with van der Waals surface area (Å²) in [4.78, 5) is 41.3. The number of methoxy groups -OCH3 is 1. The zero-order valence-corrected chi connectivity index (χ0v) is 28.4. The van der Waals surface area contributed by atoms with Crippen molar-refractivity contribution in [3.8, 4) is 11.5 Å². The molecule has 13 nitrogen and oxygen atoms in total. The summed E-state index contributed by atoms with van der Waals surface area (Å²) in [6.45, 7) is 9.10. The van der Waals surface area contributed by atoms with Gasteiger partial charge in [-0.3, -0.25) is 14.4 Å². The number of hydrogen-bond acceptors (Lipinski definition) is 13. The zero-order valence-electron chi connectivity index (χ0n) is 28.4. The molecule has 49 heavy (non-hydrogen) atoms. The van der Waals surface area contributed by atoms with Gasteiger partial charge in [-0.1, -0.05) is 6.07 Å². The van der Waals surface area contributed by atoms with Gasteiger partial charge >= 0.3 is 0 Å². The van der Waals surface area contributed by atoms with Crippen molar-refractivity contribution in [1.82, 2.24) is 5.32 Å². The molecule has 0 radical (unpaired) electrons. The van der Waals surface area contributed by atoms with Crippen LogP contribution < -0.4 is 10.7 Å². The monoisotopic (exact) mass is 679 g/mol. The Labute approximate surface area is 282 Å². The summed E-state index contributed by atoms with van der Waals surface area (Å²) in [6.07, 6.45) is -3.86. The number of epoxide rings is 1. The molecule has 3 aromatic rings. The second-order valence-electron chi connectivity index (χ2n) is 14.0. The number of phenols is 2. The molecular formula is C36H41NO12. The number of aliphatic hydroxyl groups is 1. The Morgan fingerprint density at radius 3 is 2.33 bits per heavy atom. The predicted octanol–water partition coefficient (Wildman–Crippen LogP) is 3.34. The summed E-state index contributed by atoms with van der Waals surface area (Å²) in [5, 5.41) is 36.1. The van der Waals surface area contributed by atoms with E-state index in [9.17, 15) is 29.7 Å². The Balaban J connectivity index is 1.24. The zero-order chi connectivity index (χ0) is 35.3. The van der Waals surface area contributed by atoms with Gasteiger partial charge in [0, 0.05) is 41.8 Å². The van der Waals surface area contributed by atoms with Gasteiger partial charge in [0.1, 0.15) is 40.5 Å². The lowest BCUT2D eigenvalue weighted by Crippen LogP contribution is -2.62. The first kappa shape index (κ1) is 33.8. The second-order valence-corrected chi connectivity index (χ2v) is 14.0. The number of benzene rings is 2. The lowest BCUT2D eigenvalue weighted by molar-refractivity contribution is -0.293. The number of carbonyl (C=O) groups excluding carboxylic acids is 2. The molecule has 0 saturated carbocycles. The molecule has 2 unspecified atom stereocenters. The standard InChI is InChI=1S/C36H41NO12/c1-14-29(40)22(44-7)12-25(46-14)48-34-15(2)45-23(13-35(34,4)37-6)17-8-9-18-26(31(17)42)32(43)27-19(30(18)41)10-20(38)28-21(39)11-24(47-33(27)28)36(5)16(3)49-36/h8-11,14-16,22-23,25,29,34,37-38,40,42H,12-13H2,1-7H3/t14-,15+,16?,22+,23-,25-,29-,34-,35+,36?/m1/s1. The Morgan fingerprint density at radius 2 is 1.67 bits per heavy atom. The van der Waals surface area contributed by atoms with E-state index in [0.29, 0.717) is 12.8 Å². The number of likely N-dealkylation sites (N-methyl/N-ethyl adjacent to an activating group) is 1. The number of ether oxygens (including phenoxy) is 5. The van der Waals surface area contributed by atoms with Crippen LogP contribution in [0.25, 0.3) is 11.0 Å². The van der Waals surface area contributed by atoms with E-state index < -0.39 is 82.5 Å². The molecule has 0 spiro atoms. The van der Waals surface area contributed by atoms with Gasteiger partial charge in [0.25, 0.3) is 0 Å². The van der Waals surface area contributed by atoms with Crippen molar-refractivity contribution in [1.29, 1.82) is 0 Å². The van der Waals surface area contributed by atoms with Gasteiger partial charge in [0.2, 0.25) is 5.78 Å². The highest BCUT2D eigenvalue weighted by Gasteiger charge is 2.54. The number of aliphatic hydroxyl groups excluding tert-OH is 1. The Hall–Kier alpha value is -3.69. The second kappa shape index (κ2) is 11.7. The maximum Gasteiger partial charge on any atom is 0.202 e. The van der Waals surface area contributed by atoms with Gasteiger partial charge in [-0.05, 0) is 60.2 Å². The molecule has 10 atom stereocenters. The number of hydrogen-bond donors (Lipinski definition) is 4. The number of rotatable bonds is 6. The van der Waals surface area contributed by atoms with Crippen LogP contribution in [0.5, 0.6) is 11.5 Å². The summed E-state index contributed by atoms with van der Waals surface area (Å²) in [5.74, 6) is -2.12. The minimum atomic E-state index is -0.911. The number of ketones is 2. The van der Waals surface area contributed by atoms with Crippen LogP contribution in [0.1, 0.15) is 96.7 Å². The van der Waals surface area contributed by atoms with Gasteiger partial charge < -0.3 is 48.7 Å². The predicted molar refractivity (Wildman–Crippen MR) is 173 cm³/mol. The minimum Gasteiger partial charge on any atom is -0.507 e. The SMILES string of the molecule is CN[C@@]1(C)C[C@H](c2ccc3c(c2O)C(=O)c2c(cc(O)c4c(=O)cc(C5(C)OC5C)oc24)C3=O)O[C@@H](C)[C@H]1O[C@@H]1C[C@H](OC)[C@H](O)[C@@H](C)O1. The third-order valence-electron chi connectivity index (χ3n) is 11.0. The first-order valence-corrected chi connectivity index (χ1v) is 16.5. The van der Waals surface area contributed by atoms with Crippen LogP contribution in [0.15, 0.2) is 33.5 Å². The quantitative estimate of drug-likeness (QED) is 0.218. The van der Waals surface area contributed by atoms with Crippen molar-refractivity contribution in [2.75, 3.05) is 14.2 Å². The maximum atomic E-state index is 14.3. The lowest BCUT2D eigenvalue weighted by Gasteiger charge is -2.49. The van der Waals surface area contributed by atoms with Crippen molar-refractivity contribution in [3.05, 3.63) is 68.1 Å². The van der Waals surface area contributed by atoms with Gasteiger partial charge in [-0.15, -0.1) is 0 Å². The third kappa shape index (κ3) is 5.13. The van der Waals surface area contributed by atoms with E-state index in [1.165, 1.54) is 19.2 Å². The number of nitrogens with one attached hydrogen (secondary N) is 1. The average molecular weight is 680 g/mol. The number of phenolic OH excluding ortho intramolecular Hbond substituents is 2. The molecular weight excluding hydrogens is 638 g/mol. The first-order valence-electron chi connectivity index (χ1n) is 16.5. The molecule has 4 N–H and O–H groups in total. The van der Waals surface area contributed by atoms with Crippen molar-refractivity contribution in [3.63, 3.8) is 0 Å². The summed E-state index contributed by atoms with van der Waals surface area (Å²) < 4.78 is 36.0. The van der Waals surface area contributed by atoms with Crippen molar-refractivity contribution >= 4 is 22.5 Å². The van der Waals surface area contributed by atoms with E-state index in [0.717, 1.165) is 6.07 Å². The molecule has 13 heteroatoms. The number of fused-ring (bicyclic) bond motifs is 4. The molecule has 3 fully saturated rings. The summed E-state index contributed by atoms with van der Waals surface area (Å²) >= 11 is 0. The molecule has 3 aliphatic heterocycles. The molecule has 4 heterocycles. The van der Waals surface area contributed by atoms with Crippen LogP contribution in [0.4, 0.5) is 0 Å². The van der Waals surface area contributed by atoms with Gasteiger partial charge in [-0.25, -0.2) is 0 Å².